The van der Waals surface area contributed by atoms with Crippen molar-refractivity contribution < 1.29 is 0 Å². The van der Waals surface area contributed by atoms with Crippen molar-refractivity contribution in [2.75, 3.05) is 17.7 Å². The van der Waals surface area contributed by atoms with E-state index in [0.29, 0.717) is 6.54 Å². The first-order chi connectivity index (χ1) is 8.74. The average Bonchev–Trinajstić information content (AvgIpc) is 2.81. The Bertz CT molecular complexity index is 523. The highest BCUT2D eigenvalue weighted by Gasteiger charge is 2.08. The summed E-state index contributed by atoms with van der Waals surface area (Å²) < 4.78 is 0. The van der Waals surface area contributed by atoms with Crippen LogP contribution in [-0.4, -0.2) is 22.0 Å². The molecule has 2 heterocycles. The van der Waals surface area contributed by atoms with Crippen molar-refractivity contribution in [1.29, 1.82) is 0 Å². The fourth-order valence-corrected chi connectivity index (χ4v) is 2.47. The minimum Gasteiger partial charge on any atom is -0.373 e. The van der Waals surface area contributed by atoms with Crippen LogP contribution in [0.4, 0.5) is 11.6 Å². The third-order valence-electron chi connectivity index (χ3n) is 2.61. The van der Waals surface area contributed by atoms with Gasteiger partial charge in [0.15, 0.2) is 0 Å². The number of rotatable bonds is 5. The van der Waals surface area contributed by atoms with E-state index in [1.807, 2.05) is 14.0 Å². The highest BCUT2D eigenvalue weighted by atomic mass is 32.1. The molecule has 2 aromatic rings. The summed E-state index contributed by atoms with van der Waals surface area (Å²) in [4.78, 5) is 12.9. The maximum atomic E-state index is 4.42. The van der Waals surface area contributed by atoms with E-state index in [9.17, 15) is 0 Å². The zero-order chi connectivity index (χ0) is 13.0. The van der Waals surface area contributed by atoms with Gasteiger partial charge in [0.2, 0.25) is 0 Å². The van der Waals surface area contributed by atoms with E-state index in [1.54, 1.807) is 17.7 Å². The zero-order valence-corrected chi connectivity index (χ0v) is 11.6. The Morgan fingerprint density at radius 3 is 2.67 bits per heavy atom. The van der Waals surface area contributed by atoms with Crippen LogP contribution in [0.5, 0.6) is 0 Å². The van der Waals surface area contributed by atoms with Gasteiger partial charge in [-0.05, 0) is 13.3 Å². The molecule has 0 aliphatic carbocycles. The summed E-state index contributed by atoms with van der Waals surface area (Å²) in [6, 6.07) is 0. The Balaban J connectivity index is 2.13. The SMILES string of the molecule is CCc1c(NC)ncnc1NCc1nc(C)cs1. The Kier molecular flexibility index (Phi) is 4.09. The molecule has 2 N–H and O–H groups in total. The molecule has 5 nitrogen and oxygen atoms in total. The minimum atomic E-state index is 0.700. The summed E-state index contributed by atoms with van der Waals surface area (Å²) in [5, 5.41) is 9.53. The van der Waals surface area contributed by atoms with Gasteiger partial charge in [-0.1, -0.05) is 6.92 Å². The molecule has 0 unspecified atom stereocenters. The molecule has 18 heavy (non-hydrogen) atoms. The number of nitrogens with one attached hydrogen (secondary N) is 2. The maximum absolute atomic E-state index is 4.42. The molecule has 0 saturated heterocycles. The highest BCUT2D eigenvalue weighted by Crippen LogP contribution is 2.20. The number of anilines is 2. The summed E-state index contributed by atoms with van der Waals surface area (Å²) >= 11 is 1.66. The van der Waals surface area contributed by atoms with Crippen molar-refractivity contribution >= 4 is 23.0 Å². The van der Waals surface area contributed by atoms with Gasteiger partial charge < -0.3 is 10.6 Å². The molecule has 0 aliphatic rings. The molecular formula is C12H17N5S. The first-order valence-electron chi connectivity index (χ1n) is 5.91. The second-order valence-corrected chi connectivity index (χ2v) is 4.83. The van der Waals surface area contributed by atoms with Crippen LogP contribution in [0.2, 0.25) is 0 Å². The van der Waals surface area contributed by atoms with E-state index in [2.05, 4.69) is 37.9 Å². The molecule has 0 aliphatic heterocycles. The Morgan fingerprint density at radius 1 is 1.28 bits per heavy atom. The highest BCUT2D eigenvalue weighted by molar-refractivity contribution is 7.09. The molecule has 96 valence electrons. The molecule has 2 rings (SSSR count). The van der Waals surface area contributed by atoms with Gasteiger partial charge in [-0.25, -0.2) is 15.0 Å². The van der Waals surface area contributed by atoms with Gasteiger partial charge in [-0.15, -0.1) is 11.3 Å². The summed E-state index contributed by atoms with van der Waals surface area (Å²) in [5.41, 5.74) is 2.17. The number of thiazole rings is 1. The van der Waals surface area contributed by atoms with E-state index >= 15 is 0 Å². The van der Waals surface area contributed by atoms with E-state index in [4.69, 9.17) is 0 Å². The van der Waals surface area contributed by atoms with Crippen molar-refractivity contribution in [2.45, 2.75) is 26.8 Å². The Labute approximate surface area is 111 Å². The molecule has 0 atom stereocenters. The van der Waals surface area contributed by atoms with Gasteiger partial charge in [0.25, 0.3) is 0 Å². The van der Waals surface area contributed by atoms with Crippen LogP contribution in [0, 0.1) is 6.92 Å². The first-order valence-corrected chi connectivity index (χ1v) is 6.79. The van der Waals surface area contributed by atoms with E-state index in [-0.39, 0.29) is 0 Å². The Hall–Kier alpha value is -1.69. The maximum Gasteiger partial charge on any atom is 0.135 e. The fourth-order valence-electron chi connectivity index (χ4n) is 1.76. The third-order valence-corrected chi connectivity index (χ3v) is 3.58. The summed E-state index contributed by atoms with van der Waals surface area (Å²) in [6.45, 7) is 4.80. The molecule has 0 amide bonds. The molecule has 6 heteroatoms. The van der Waals surface area contributed by atoms with Crippen LogP contribution < -0.4 is 10.6 Å². The smallest absolute Gasteiger partial charge is 0.135 e. The number of hydrogen-bond donors (Lipinski definition) is 2. The lowest BCUT2D eigenvalue weighted by molar-refractivity contribution is 0.999. The summed E-state index contributed by atoms with van der Waals surface area (Å²) in [6.07, 6.45) is 2.46. The monoisotopic (exact) mass is 263 g/mol. The molecule has 0 fully saturated rings. The predicted octanol–water partition coefficient (Wildman–Crippen LogP) is 2.46. The van der Waals surface area contributed by atoms with Crippen molar-refractivity contribution in [2.24, 2.45) is 0 Å². The lowest BCUT2D eigenvalue weighted by atomic mass is 10.2. The van der Waals surface area contributed by atoms with Crippen LogP contribution in [0.3, 0.4) is 0 Å². The average molecular weight is 263 g/mol. The van der Waals surface area contributed by atoms with E-state index in [1.165, 1.54) is 0 Å². The minimum absolute atomic E-state index is 0.700. The van der Waals surface area contributed by atoms with Crippen molar-refractivity contribution in [3.05, 3.63) is 28.0 Å². The predicted molar refractivity (Wildman–Crippen MR) is 75.1 cm³/mol. The van der Waals surface area contributed by atoms with Crippen LogP contribution in [0.25, 0.3) is 0 Å². The molecule has 2 aromatic heterocycles. The van der Waals surface area contributed by atoms with Gasteiger partial charge in [-0.3, -0.25) is 0 Å². The van der Waals surface area contributed by atoms with Crippen molar-refractivity contribution in [3.63, 3.8) is 0 Å². The standard InChI is InChI=1S/C12H17N5S/c1-4-9-11(13-3)15-7-16-12(9)14-5-10-17-8(2)6-18-10/h6-7H,4-5H2,1-3H3,(H2,13,14,15,16). The largest absolute Gasteiger partial charge is 0.373 e. The number of nitrogens with zero attached hydrogens (tertiary/aromatic N) is 3. The van der Waals surface area contributed by atoms with Crippen LogP contribution in [-0.2, 0) is 13.0 Å². The van der Waals surface area contributed by atoms with E-state index < -0.39 is 0 Å². The third kappa shape index (κ3) is 2.76. The fraction of sp³-hybridized carbons (Fsp3) is 0.417. The molecule has 0 aromatic carbocycles. The Morgan fingerprint density at radius 2 is 2.06 bits per heavy atom. The summed E-state index contributed by atoms with van der Waals surface area (Å²) in [5.74, 6) is 1.76. The quantitative estimate of drug-likeness (QED) is 0.867. The van der Waals surface area contributed by atoms with Gasteiger partial charge in [0.05, 0.1) is 6.54 Å². The molecule has 0 saturated carbocycles. The lowest BCUT2D eigenvalue weighted by Gasteiger charge is -2.11. The molecular weight excluding hydrogens is 246 g/mol. The van der Waals surface area contributed by atoms with Crippen molar-refractivity contribution in [1.82, 2.24) is 15.0 Å². The van der Waals surface area contributed by atoms with Crippen LogP contribution in [0.15, 0.2) is 11.7 Å². The molecule has 0 bridgehead atoms. The summed E-state index contributed by atoms with van der Waals surface area (Å²) in [7, 11) is 1.87. The number of aryl methyl sites for hydroxylation is 1. The van der Waals surface area contributed by atoms with Crippen molar-refractivity contribution in [3.8, 4) is 0 Å². The van der Waals surface area contributed by atoms with Crippen LogP contribution in [0.1, 0.15) is 23.2 Å². The second kappa shape index (κ2) is 5.77. The first kappa shape index (κ1) is 12.8. The number of hydrogen-bond acceptors (Lipinski definition) is 6. The van der Waals surface area contributed by atoms with Gasteiger partial charge in [0.1, 0.15) is 23.0 Å². The molecule has 0 radical (unpaired) electrons. The van der Waals surface area contributed by atoms with E-state index in [0.717, 1.165) is 34.3 Å². The zero-order valence-electron chi connectivity index (χ0n) is 10.8. The second-order valence-electron chi connectivity index (χ2n) is 3.89. The van der Waals surface area contributed by atoms with Gasteiger partial charge in [-0.2, -0.15) is 0 Å². The topological polar surface area (TPSA) is 62.7 Å². The normalized spacial score (nSPS) is 10.4. The van der Waals surface area contributed by atoms with Crippen LogP contribution >= 0.6 is 11.3 Å². The molecule has 0 spiro atoms. The lowest BCUT2D eigenvalue weighted by Crippen LogP contribution is -2.08. The van der Waals surface area contributed by atoms with Gasteiger partial charge in [0, 0.05) is 23.7 Å². The number of aromatic nitrogens is 3. The van der Waals surface area contributed by atoms with Gasteiger partial charge >= 0.3 is 0 Å².